The van der Waals surface area contributed by atoms with E-state index in [1.807, 2.05) is 0 Å². The molecule has 1 unspecified atom stereocenters. The molecule has 4 nitrogen and oxygen atoms in total. The fourth-order valence-electron chi connectivity index (χ4n) is 2.76. The first-order chi connectivity index (χ1) is 8.53. The van der Waals surface area contributed by atoms with Gasteiger partial charge in [0, 0.05) is 19.9 Å². The van der Waals surface area contributed by atoms with Gasteiger partial charge in [0.1, 0.15) is 9.84 Å². The Labute approximate surface area is 111 Å². The third kappa shape index (κ3) is 6.71. The van der Waals surface area contributed by atoms with Gasteiger partial charge in [-0.2, -0.15) is 0 Å². The van der Waals surface area contributed by atoms with Crippen LogP contribution in [-0.2, 0) is 14.6 Å². The minimum atomic E-state index is -2.84. The maximum absolute atomic E-state index is 11.3. The van der Waals surface area contributed by atoms with E-state index in [9.17, 15) is 8.42 Å². The molecule has 0 aromatic rings. The molecule has 1 fully saturated rings. The van der Waals surface area contributed by atoms with Gasteiger partial charge in [-0.1, -0.05) is 25.7 Å². The summed E-state index contributed by atoms with van der Waals surface area (Å²) in [6.07, 6.45) is 7.26. The largest absolute Gasteiger partial charge is 0.383 e. The van der Waals surface area contributed by atoms with E-state index in [1.54, 1.807) is 7.11 Å². The molecular weight excluding hydrogens is 250 g/mol. The molecule has 0 aromatic carbocycles. The van der Waals surface area contributed by atoms with Crippen LogP contribution in [0.2, 0.25) is 0 Å². The van der Waals surface area contributed by atoms with E-state index in [0.29, 0.717) is 24.2 Å². The molecule has 0 heterocycles. The lowest BCUT2D eigenvalue weighted by Crippen LogP contribution is -2.31. The Balaban J connectivity index is 2.36. The number of nitrogens with one attached hydrogen (secondary N) is 1. The van der Waals surface area contributed by atoms with Gasteiger partial charge in [-0.05, 0) is 24.8 Å². The average Bonchev–Trinajstić information content (AvgIpc) is 2.80. The van der Waals surface area contributed by atoms with Gasteiger partial charge in [-0.3, -0.25) is 0 Å². The lowest BCUT2D eigenvalue weighted by Gasteiger charge is -2.23. The molecule has 1 atom stereocenters. The van der Waals surface area contributed by atoms with E-state index in [0.717, 1.165) is 19.5 Å². The Morgan fingerprint density at radius 1 is 1.33 bits per heavy atom. The SMILES string of the molecule is COCCNCC(CCS(C)(=O)=O)C1CCCC1. The molecule has 18 heavy (non-hydrogen) atoms. The van der Waals surface area contributed by atoms with E-state index in [1.165, 1.54) is 31.9 Å². The molecule has 0 bridgehead atoms. The van der Waals surface area contributed by atoms with Crippen molar-refractivity contribution in [1.82, 2.24) is 5.32 Å². The van der Waals surface area contributed by atoms with Crippen molar-refractivity contribution in [2.24, 2.45) is 11.8 Å². The second-order valence-electron chi connectivity index (χ2n) is 5.42. The minimum absolute atomic E-state index is 0.320. The third-order valence-corrected chi connectivity index (χ3v) is 4.79. The minimum Gasteiger partial charge on any atom is -0.383 e. The molecule has 1 saturated carbocycles. The highest BCUT2D eigenvalue weighted by atomic mass is 32.2. The lowest BCUT2D eigenvalue weighted by molar-refractivity contribution is 0.194. The zero-order chi connectivity index (χ0) is 13.4. The van der Waals surface area contributed by atoms with Gasteiger partial charge in [-0.25, -0.2) is 8.42 Å². The predicted molar refractivity (Wildman–Crippen MR) is 74.5 cm³/mol. The maximum atomic E-state index is 11.3. The second kappa shape index (κ2) is 8.12. The molecule has 0 aliphatic heterocycles. The highest BCUT2D eigenvalue weighted by Crippen LogP contribution is 2.33. The average molecular weight is 277 g/mol. The zero-order valence-corrected chi connectivity index (χ0v) is 12.5. The van der Waals surface area contributed by atoms with Crippen molar-refractivity contribution in [2.75, 3.05) is 38.8 Å². The van der Waals surface area contributed by atoms with Gasteiger partial charge in [0.25, 0.3) is 0 Å². The Hall–Kier alpha value is -0.130. The van der Waals surface area contributed by atoms with Gasteiger partial charge < -0.3 is 10.1 Å². The van der Waals surface area contributed by atoms with Crippen LogP contribution in [0, 0.1) is 11.8 Å². The molecule has 0 amide bonds. The van der Waals surface area contributed by atoms with Crippen LogP contribution in [0.1, 0.15) is 32.1 Å². The van der Waals surface area contributed by atoms with Gasteiger partial charge in [0.2, 0.25) is 0 Å². The fraction of sp³-hybridized carbons (Fsp3) is 1.00. The summed E-state index contributed by atoms with van der Waals surface area (Å²) in [5.74, 6) is 1.53. The lowest BCUT2D eigenvalue weighted by atomic mass is 9.88. The maximum Gasteiger partial charge on any atom is 0.147 e. The topological polar surface area (TPSA) is 55.4 Å². The van der Waals surface area contributed by atoms with E-state index < -0.39 is 9.84 Å². The molecule has 1 aliphatic rings. The van der Waals surface area contributed by atoms with Gasteiger partial charge >= 0.3 is 0 Å². The highest BCUT2D eigenvalue weighted by molar-refractivity contribution is 7.90. The van der Waals surface area contributed by atoms with E-state index >= 15 is 0 Å². The van der Waals surface area contributed by atoms with Crippen molar-refractivity contribution in [1.29, 1.82) is 0 Å². The first kappa shape index (κ1) is 15.9. The van der Waals surface area contributed by atoms with Crippen LogP contribution in [0.5, 0.6) is 0 Å². The first-order valence-corrected chi connectivity index (χ1v) is 8.96. The van der Waals surface area contributed by atoms with E-state index in [4.69, 9.17) is 4.74 Å². The zero-order valence-electron chi connectivity index (χ0n) is 11.7. The number of rotatable bonds is 9. The molecule has 0 saturated heterocycles. The van der Waals surface area contributed by atoms with Gasteiger partial charge in [0.15, 0.2) is 0 Å². The summed E-state index contributed by atoms with van der Waals surface area (Å²) in [5, 5.41) is 3.38. The smallest absolute Gasteiger partial charge is 0.147 e. The summed E-state index contributed by atoms with van der Waals surface area (Å²) in [4.78, 5) is 0. The molecule has 0 aromatic heterocycles. The number of hydrogen-bond acceptors (Lipinski definition) is 4. The number of methoxy groups -OCH3 is 1. The molecular formula is C13H27NO3S. The molecule has 5 heteroatoms. The summed E-state index contributed by atoms with van der Waals surface area (Å²) in [6.45, 7) is 2.48. The molecule has 1 aliphatic carbocycles. The Bertz CT molecular complexity index is 310. The van der Waals surface area contributed by atoms with Crippen LogP contribution < -0.4 is 5.32 Å². The number of hydrogen-bond donors (Lipinski definition) is 1. The molecule has 108 valence electrons. The van der Waals surface area contributed by atoms with Crippen molar-refractivity contribution in [3.05, 3.63) is 0 Å². The molecule has 1 N–H and O–H groups in total. The monoisotopic (exact) mass is 277 g/mol. The van der Waals surface area contributed by atoms with E-state index in [-0.39, 0.29) is 0 Å². The first-order valence-electron chi connectivity index (χ1n) is 6.90. The van der Waals surface area contributed by atoms with Gasteiger partial charge in [-0.15, -0.1) is 0 Å². The Morgan fingerprint density at radius 3 is 2.56 bits per heavy atom. The molecule has 0 spiro atoms. The number of sulfone groups is 1. The van der Waals surface area contributed by atoms with Crippen molar-refractivity contribution in [3.63, 3.8) is 0 Å². The van der Waals surface area contributed by atoms with Crippen LogP contribution in [0.25, 0.3) is 0 Å². The standard InChI is InChI=1S/C13H27NO3S/c1-17-9-8-14-11-13(7-10-18(2,15)16)12-5-3-4-6-12/h12-14H,3-11H2,1-2H3. The van der Waals surface area contributed by atoms with Crippen LogP contribution in [0.3, 0.4) is 0 Å². The van der Waals surface area contributed by atoms with Crippen molar-refractivity contribution in [3.8, 4) is 0 Å². The summed E-state index contributed by atoms with van der Waals surface area (Å²) in [5.41, 5.74) is 0. The third-order valence-electron chi connectivity index (χ3n) is 3.82. The fourth-order valence-corrected chi connectivity index (χ4v) is 3.49. The van der Waals surface area contributed by atoms with Crippen LogP contribution >= 0.6 is 0 Å². The molecule has 0 radical (unpaired) electrons. The normalized spacial score (nSPS) is 19.2. The second-order valence-corrected chi connectivity index (χ2v) is 7.68. The van der Waals surface area contributed by atoms with Crippen molar-refractivity contribution < 1.29 is 13.2 Å². The summed E-state index contributed by atoms with van der Waals surface area (Å²) in [6, 6.07) is 0. The molecule has 1 rings (SSSR count). The van der Waals surface area contributed by atoms with Crippen LogP contribution in [-0.4, -0.2) is 47.2 Å². The number of ether oxygens (including phenoxy) is 1. The van der Waals surface area contributed by atoms with Crippen LogP contribution in [0.4, 0.5) is 0 Å². The van der Waals surface area contributed by atoms with Crippen LogP contribution in [0.15, 0.2) is 0 Å². The Morgan fingerprint density at radius 2 is 2.00 bits per heavy atom. The van der Waals surface area contributed by atoms with Gasteiger partial charge in [0.05, 0.1) is 12.4 Å². The highest BCUT2D eigenvalue weighted by Gasteiger charge is 2.25. The summed E-state index contributed by atoms with van der Waals surface area (Å²) < 4.78 is 27.6. The van der Waals surface area contributed by atoms with Crippen molar-refractivity contribution in [2.45, 2.75) is 32.1 Å². The Kier molecular flexibility index (Phi) is 7.19. The predicted octanol–water partition coefficient (Wildman–Crippen LogP) is 1.46. The van der Waals surface area contributed by atoms with Crippen molar-refractivity contribution >= 4 is 9.84 Å². The quantitative estimate of drug-likeness (QED) is 0.648. The van der Waals surface area contributed by atoms with E-state index in [2.05, 4.69) is 5.32 Å². The summed E-state index contributed by atoms with van der Waals surface area (Å²) >= 11 is 0. The summed E-state index contributed by atoms with van der Waals surface area (Å²) in [7, 11) is -1.14.